The summed E-state index contributed by atoms with van der Waals surface area (Å²) in [5.41, 5.74) is 0. The number of esters is 2. The highest BCUT2D eigenvalue weighted by atomic mass is 16.5. The Labute approximate surface area is 216 Å². The second kappa shape index (κ2) is 86.2. The highest BCUT2D eigenvalue weighted by Gasteiger charge is 1.77. The third kappa shape index (κ3) is 716. The zero-order valence-corrected chi connectivity index (χ0v) is 19.2. The zero-order valence-electron chi connectivity index (χ0n) is 19.2. The lowest BCUT2D eigenvalue weighted by Crippen LogP contribution is -1.88. The first-order valence-corrected chi connectivity index (χ1v) is 8.18. The number of Topliss-reactive ketones (excluding diaryl/α,β-unsaturated/α-hetero) is 3. The van der Waals surface area contributed by atoms with Gasteiger partial charge in [-0.3, -0.25) is 9.59 Å². The van der Waals surface area contributed by atoms with Crippen LogP contribution in [0.25, 0.3) is 0 Å². The van der Waals surface area contributed by atoms with Gasteiger partial charge in [0.15, 0.2) is 0 Å². The molecular formula is C26H68O8. The van der Waals surface area contributed by atoms with E-state index in [1.807, 2.05) is 13.8 Å². The largest absolute Gasteiger partial charge is 0.469 e. The molecule has 0 amide bonds. The summed E-state index contributed by atoms with van der Waals surface area (Å²) < 4.78 is 12.5. The van der Waals surface area contributed by atoms with Crippen molar-refractivity contribution in [2.75, 3.05) is 28.4 Å². The van der Waals surface area contributed by atoms with E-state index in [9.17, 15) is 24.0 Å². The fraction of sp³-hybridized carbons (Fsp3) is 0.808. The standard InChI is InChI=1S/2C4H8O.2C3H6O2.C3H6O.C2H6O.7CH4/c2*1-3-4(2)5;2*1-3(4)5-2;1-3(2)4;1-3-2;;;;;;;/h2*3H2,1-2H3;2*1-2H3;1-2H3;1-2H3;7*1H4. The first-order chi connectivity index (χ1) is 12.2. The summed E-state index contributed by atoms with van der Waals surface area (Å²) in [7, 11) is 5.95. The van der Waals surface area contributed by atoms with Gasteiger partial charge < -0.3 is 28.6 Å². The molecule has 0 aliphatic heterocycles. The SMILES string of the molecule is C.C.C.C.C.C.C.CC(C)=O.CCC(C)=O.CCC(C)=O.COC.COC(C)=O.COC(C)=O. The molecule has 0 atom stereocenters. The molecule has 0 aromatic rings. The molecule has 0 bridgehead atoms. The molecular weight excluding hydrogens is 440 g/mol. The van der Waals surface area contributed by atoms with Crippen LogP contribution in [0.3, 0.4) is 0 Å². The molecule has 0 aliphatic rings. The Balaban J connectivity index is -0.0000000137. The van der Waals surface area contributed by atoms with E-state index in [0.717, 1.165) is 0 Å². The molecule has 0 radical (unpaired) electrons. The summed E-state index contributed by atoms with van der Waals surface area (Å²) in [5, 5.41) is 0. The van der Waals surface area contributed by atoms with E-state index in [4.69, 9.17) is 0 Å². The fourth-order valence-electron chi connectivity index (χ4n) is 0. The van der Waals surface area contributed by atoms with Gasteiger partial charge in [-0.2, -0.15) is 0 Å². The van der Waals surface area contributed by atoms with Gasteiger partial charge in [0, 0.05) is 40.9 Å². The molecule has 0 aromatic heterocycles. The van der Waals surface area contributed by atoms with Crippen LogP contribution in [0.4, 0.5) is 0 Å². The number of hydrogen-bond donors (Lipinski definition) is 0. The van der Waals surface area contributed by atoms with Crippen molar-refractivity contribution in [2.24, 2.45) is 0 Å². The smallest absolute Gasteiger partial charge is 0.302 e. The van der Waals surface area contributed by atoms with E-state index in [2.05, 4.69) is 14.2 Å². The molecule has 0 rings (SSSR count). The van der Waals surface area contributed by atoms with Crippen LogP contribution in [0, 0.1) is 0 Å². The van der Waals surface area contributed by atoms with Crippen LogP contribution in [0.5, 0.6) is 0 Å². The Morgan fingerprint density at radius 2 is 0.529 bits per heavy atom. The molecule has 0 spiro atoms. The minimum absolute atomic E-state index is 0. The van der Waals surface area contributed by atoms with Crippen LogP contribution in [0.1, 0.15) is 120 Å². The van der Waals surface area contributed by atoms with E-state index in [-0.39, 0.29) is 81.3 Å². The Kier molecular flexibility index (Phi) is 216. The second-order valence-electron chi connectivity index (χ2n) is 4.82. The summed E-state index contributed by atoms with van der Waals surface area (Å²) in [6.45, 7) is 12.6. The maximum Gasteiger partial charge on any atom is 0.302 e. The molecule has 0 heterocycles. The van der Waals surface area contributed by atoms with Crippen LogP contribution in [0.2, 0.25) is 0 Å². The number of hydrogen-bond acceptors (Lipinski definition) is 8. The fourth-order valence-corrected chi connectivity index (χ4v) is 0. The van der Waals surface area contributed by atoms with Gasteiger partial charge in [-0.05, 0) is 27.7 Å². The van der Waals surface area contributed by atoms with Crippen LogP contribution < -0.4 is 0 Å². The summed E-state index contributed by atoms with van der Waals surface area (Å²) in [5.74, 6) is 0.185. The Morgan fingerprint density at radius 1 is 0.471 bits per heavy atom. The van der Waals surface area contributed by atoms with Gasteiger partial charge in [0.2, 0.25) is 0 Å². The zero-order chi connectivity index (χ0) is 23.4. The Morgan fingerprint density at radius 3 is 0.529 bits per heavy atom. The molecule has 8 nitrogen and oxygen atoms in total. The summed E-state index contributed by atoms with van der Waals surface area (Å²) in [4.78, 5) is 48.2. The number of carbonyl (C=O) groups is 5. The molecule has 8 heteroatoms. The molecule has 0 saturated carbocycles. The molecule has 0 unspecified atom stereocenters. The maximum atomic E-state index is 9.81. The predicted octanol–water partition coefficient (Wildman–Crippen LogP) is 7.64. The topological polar surface area (TPSA) is 113 Å². The average molecular weight is 509 g/mol. The van der Waals surface area contributed by atoms with E-state index in [1.54, 1.807) is 28.1 Å². The number of rotatable bonds is 2. The van der Waals surface area contributed by atoms with E-state index in [0.29, 0.717) is 12.8 Å². The molecule has 0 aliphatic carbocycles. The van der Waals surface area contributed by atoms with Crippen molar-refractivity contribution in [1.82, 2.24) is 0 Å². The van der Waals surface area contributed by atoms with Crippen molar-refractivity contribution in [3.05, 3.63) is 0 Å². The van der Waals surface area contributed by atoms with Crippen LogP contribution >= 0.6 is 0 Å². The van der Waals surface area contributed by atoms with Crippen LogP contribution in [-0.4, -0.2) is 57.7 Å². The molecule has 0 N–H and O–H groups in total. The van der Waals surface area contributed by atoms with E-state index < -0.39 is 0 Å². The molecule has 0 saturated heterocycles. The number of methoxy groups -OCH3 is 3. The highest BCUT2D eigenvalue weighted by molar-refractivity contribution is 5.75. The van der Waals surface area contributed by atoms with Crippen molar-refractivity contribution in [3.8, 4) is 0 Å². The third-order valence-corrected chi connectivity index (χ3v) is 1.57. The summed E-state index contributed by atoms with van der Waals surface area (Å²) in [6.07, 6.45) is 1.33. The number of carbonyl (C=O) groups excluding carboxylic acids is 5. The van der Waals surface area contributed by atoms with Crippen molar-refractivity contribution in [2.45, 2.75) is 120 Å². The van der Waals surface area contributed by atoms with Gasteiger partial charge in [0.1, 0.15) is 17.3 Å². The average Bonchev–Trinajstić information content (AvgIpc) is 2.56. The number of ether oxygens (including phenoxy) is 3. The quantitative estimate of drug-likeness (QED) is 0.349. The van der Waals surface area contributed by atoms with Gasteiger partial charge in [0.05, 0.1) is 14.2 Å². The lowest BCUT2D eigenvalue weighted by molar-refractivity contribution is -0.138. The number of ketones is 3. The van der Waals surface area contributed by atoms with Crippen molar-refractivity contribution < 1.29 is 38.2 Å². The van der Waals surface area contributed by atoms with Gasteiger partial charge in [-0.25, -0.2) is 0 Å². The van der Waals surface area contributed by atoms with E-state index >= 15 is 0 Å². The monoisotopic (exact) mass is 508 g/mol. The van der Waals surface area contributed by atoms with Crippen molar-refractivity contribution >= 4 is 29.3 Å². The first-order valence-electron chi connectivity index (χ1n) is 8.18. The van der Waals surface area contributed by atoms with Gasteiger partial charge in [-0.15, -0.1) is 0 Å². The molecule has 34 heavy (non-hydrogen) atoms. The molecule has 220 valence electrons. The summed E-state index contributed by atoms with van der Waals surface area (Å²) in [6, 6.07) is 0. The van der Waals surface area contributed by atoms with Crippen molar-refractivity contribution in [1.29, 1.82) is 0 Å². The third-order valence-electron chi connectivity index (χ3n) is 1.57. The van der Waals surface area contributed by atoms with Crippen LogP contribution in [-0.2, 0) is 38.2 Å². The maximum absolute atomic E-state index is 9.81. The lowest BCUT2D eigenvalue weighted by atomic mass is 10.4. The van der Waals surface area contributed by atoms with Gasteiger partial charge in [0.25, 0.3) is 0 Å². The first kappa shape index (κ1) is 85.3. The minimum Gasteiger partial charge on any atom is -0.469 e. The van der Waals surface area contributed by atoms with Crippen LogP contribution in [0.15, 0.2) is 0 Å². The highest BCUT2D eigenvalue weighted by Crippen LogP contribution is 1.72. The predicted molar refractivity (Wildman–Crippen MR) is 154 cm³/mol. The van der Waals surface area contributed by atoms with E-state index in [1.165, 1.54) is 41.9 Å². The minimum atomic E-state index is -0.245. The molecule has 0 aromatic carbocycles. The van der Waals surface area contributed by atoms with Gasteiger partial charge >= 0.3 is 11.9 Å². The molecule has 0 fully saturated rings. The second-order valence-corrected chi connectivity index (χ2v) is 4.82. The normalized spacial score (nSPS) is 5.53. The summed E-state index contributed by atoms with van der Waals surface area (Å²) >= 11 is 0. The van der Waals surface area contributed by atoms with Gasteiger partial charge in [-0.1, -0.05) is 65.8 Å². The Bertz CT molecular complexity index is 306. The Hall–Kier alpha value is -2.09. The van der Waals surface area contributed by atoms with Crippen molar-refractivity contribution in [3.63, 3.8) is 0 Å². The lowest BCUT2D eigenvalue weighted by Gasteiger charge is -1.80.